The number of alkyl halides is 1. The average Bonchev–Trinajstić information content (AvgIpc) is 2.19. The van der Waals surface area contributed by atoms with Crippen LogP contribution in [0.1, 0.15) is 33.1 Å². The van der Waals surface area contributed by atoms with Gasteiger partial charge < -0.3 is 11.1 Å². The Hall–Kier alpha value is 0.210. The van der Waals surface area contributed by atoms with Gasteiger partial charge in [-0.2, -0.15) is 0 Å². The first kappa shape index (κ1) is 11.3. The zero-order valence-corrected chi connectivity index (χ0v) is 9.35. The topological polar surface area (TPSA) is 38.0 Å². The van der Waals surface area contributed by atoms with Crippen molar-refractivity contribution in [3.05, 3.63) is 0 Å². The summed E-state index contributed by atoms with van der Waals surface area (Å²) >= 11 is 6.31. The smallest absolute Gasteiger partial charge is 0.0506 e. The molecule has 3 N–H and O–H groups in total. The molecule has 1 fully saturated rings. The fraction of sp³-hybridized carbons (Fsp3) is 1.00. The second kappa shape index (κ2) is 5.18. The van der Waals surface area contributed by atoms with E-state index in [1.807, 2.05) is 0 Å². The molecule has 0 spiro atoms. The minimum Gasteiger partial charge on any atom is -0.326 e. The molecule has 0 aromatic heterocycles. The van der Waals surface area contributed by atoms with E-state index in [0.717, 1.165) is 25.3 Å². The number of nitrogens with one attached hydrogen (secondary N) is 1. The fourth-order valence-corrected chi connectivity index (χ4v) is 2.67. The SMILES string of the molecule is CCNC1C(N)CCC(C)CC1Cl. The van der Waals surface area contributed by atoms with Gasteiger partial charge in [0.1, 0.15) is 0 Å². The summed E-state index contributed by atoms with van der Waals surface area (Å²) in [5.74, 6) is 0.720. The van der Waals surface area contributed by atoms with E-state index in [2.05, 4.69) is 19.2 Å². The fourth-order valence-electron chi connectivity index (χ4n) is 2.09. The molecule has 1 aliphatic carbocycles. The van der Waals surface area contributed by atoms with Gasteiger partial charge in [-0.3, -0.25) is 0 Å². The predicted octanol–water partition coefficient (Wildman–Crippen LogP) is 1.72. The molecule has 0 saturated heterocycles. The molecule has 1 rings (SSSR count). The summed E-state index contributed by atoms with van der Waals surface area (Å²) in [6, 6.07) is 0.531. The maximum Gasteiger partial charge on any atom is 0.0506 e. The van der Waals surface area contributed by atoms with Crippen molar-refractivity contribution in [1.29, 1.82) is 0 Å². The van der Waals surface area contributed by atoms with E-state index in [-0.39, 0.29) is 11.4 Å². The first-order valence-electron chi connectivity index (χ1n) is 5.28. The van der Waals surface area contributed by atoms with Crippen LogP contribution in [0.15, 0.2) is 0 Å². The lowest BCUT2D eigenvalue weighted by molar-refractivity contribution is 0.422. The third-order valence-corrected chi connectivity index (χ3v) is 3.36. The monoisotopic (exact) mass is 204 g/mol. The third-order valence-electron chi connectivity index (χ3n) is 2.91. The summed E-state index contributed by atoms with van der Waals surface area (Å²) in [7, 11) is 0. The highest BCUT2D eigenvalue weighted by atomic mass is 35.5. The Morgan fingerprint density at radius 2 is 2.15 bits per heavy atom. The van der Waals surface area contributed by atoms with Crippen molar-refractivity contribution in [1.82, 2.24) is 5.32 Å². The summed E-state index contributed by atoms with van der Waals surface area (Å²) < 4.78 is 0. The second-order valence-electron chi connectivity index (χ2n) is 4.18. The molecule has 0 aromatic carbocycles. The van der Waals surface area contributed by atoms with Crippen molar-refractivity contribution in [3.63, 3.8) is 0 Å². The van der Waals surface area contributed by atoms with Gasteiger partial charge in [0, 0.05) is 12.1 Å². The number of likely N-dealkylation sites (N-methyl/N-ethyl adjacent to an activating group) is 1. The predicted molar refractivity (Wildman–Crippen MR) is 58.1 cm³/mol. The van der Waals surface area contributed by atoms with Crippen LogP contribution in [0.25, 0.3) is 0 Å². The molecular weight excluding hydrogens is 184 g/mol. The van der Waals surface area contributed by atoms with Crippen molar-refractivity contribution in [2.75, 3.05) is 6.54 Å². The van der Waals surface area contributed by atoms with Crippen LogP contribution in [0.3, 0.4) is 0 Å². The molecule has 0 bridgehead atoms. The van der Waals surface area contributed by atoms with Crippen LogP contribution in [0.5, 0.6) is 0 Å². The van der Waals surface area contributed by atoms with E-state index < -0.39 is 0 Å². The van der Waals surface area contributed by atoms with Crippen molar-refractivity contribution < 1.29 is 0 Å². The zero-order chi connectivity index (χ0) is 9.84. The highest BCUT2D eigenvalue weighted by Crippen LogP contribution is 2.26. The Kier molecular flexibility index (Phi) is 4.50. The molecule has 0 heterocycles. The van der Waals surface area contributed by atoms with Gasteiger partial charge in [-0.05, 0) is 31.7 Å². The summed E-state index contributed by atoms with van der Waals surface area (Å²) in [6.07, 6.45) is 3.40. The largest absolute Gasteiger partial charge is 0.326 e. The number of rotatable bonds is 2. The van der Waals surface area contributed by atoms with Crippen molar-refractivity contribution >= 4 is 11.6 Å². The molecule has 13 heavy (non-hydrogen) atoms. The van der Waals surface area contributed by atoms with Crippen molar-refractivity contribution in [3.8, 4) is 0 Å². The number of halogens is 1. The molecule has 0 radical (unpaired) electrons. The Morgan fingerprint density at radius 3 is 2.77 bits per heavy atom. The van der Waals surface area contributed by atoms with Crippen LogP contribution in [-0.2, 0) is 0 Å². The molecule has 3 heteroatoms. The quantitative estimate of drug-likeness (QED) is 0.531. The minimum atomic E-state index is 0.201. The molecule has 1 saturated carbocycles. The molecule has 4 atom stereocenters. The average molecular weight is 205 g/mol. The van der Waals surface area contributed by atoms with E-state index in [1.165, 1.54) is 6.42 Å². The van der Waals surface area contributed by atoms with Crippen LogP contribution < -0.4 is 11.1 Å². The van der Waals surface area contributed by atoms with Gasteiger partial charge in [0.05, 0.1) is 5.38 Å². The first-order chi connectivity index (χ1) is 6.15. The van der Waals surface area contributed by atoms with Gasteiger partial charge in [-0.1, -0.05) is 13.8 Å². The summed E-state index contributed by atoms with van der Waals surface area (Å²) in [5.41, 5.74) is 6.07. The summed E-state index contributed by atoms with van der Waals surface area (Å²) in [6.45, 7) is 5.32. The zero-order valence-electron chi connectivity index (χ0n) is 8.59. The van der Waals surface area contributed by atoms with Gasteiger partial charge in [-0.25, -0.2) is 0 Å². The maximum atomic E-state index is 6.31. The molecule has 0 aliphatic heterocycles. The molecule has 0 amide bonds. The Morgan fingerprint density at radius 1 is 1.46 bits per heavy atom. The molecule has 4 unspecified atom stereocenters. The molecular formula is C10H21ClN2. The van der Waals surface area contributed by atoms with Crippen molar-refractivity contribution in [2.24, 2.45) is 11.7 Å². The summed E-state index contributed by atoms with van der Waals surface area (Å²) in [4.78, 5) is 0. The number of hydrogen-bond donors (Lipinski definition) is 2. The maximum absolute atomic E-state index is 6.31. The van der Waals surface area contributed by atoms with E-state index in [0.29, 0.717) is 6.04 Å². The number of nitrogens with two attached hydrogens (primary N) is 1. The minimum absolute atomic E-state index is 0.201. The van der Waals surface area contributed by atoms with Crippen LogP contribution in [0.4, 0.5) is 0 Å². The first-order valence-corrected chi connectivity index (χ1v) is 5.71. The van der Waals surface area contributed by atoms with Gasteiger partial charge in [-0.15, -0.1) is 11.6 Å². The van der Waals surface area contributed by atoms with E-state index in [1.54, 1.807) is 0 Å². The second-order valence-corrected chi connectivity index (χ2v) is 4.74. The van der Waals surface area contributed by atoms with E-state index in [4.69, 9.17) is 17.3 Å². The van der Waals surface area contributed by atoms with E-state index >= 15 is 0 Å². The van der Waals surface area contributed by atoms with E-state index in [9.17, 15) is 0 Å². The summed E-state index contributed by atoms with van der Waals surface area (Å²) in [5, 5.41) is 3.59. The van der Waals surface area contributed by atoms with Gasteiger partial charge in [0.15, 0.2) is 0 Å². The standard InChI is InChI=1S/C10H21ClN2/c1-3-13-10-8(11)6-7(2)4-5-9(10)12/h7-10,13H,3-6,12H2,1-2H3. The number of hydrogen-bond acceptors (Lipinski definition) is 2. The lowest BCUT2D eigenvalue weighted by Gasteiger charge is -2.26. The van der Waals surface area contributed by atoms with Crippen LogP contribution in [0.2, 0.25) is 0 Å². The lowest BCUT2D eigenvalue weighted by Crippen LogP contribution is -2.49. The third kappa shape index (κ3) is 3.12. The molecule has 1 aliphatic rings. The highest BCUT2D eigenvalue weighted by Gasteiger charge is 2.29. The molecule has 0 aromatic rings. The Bertz CT molecular complexity index is 152. The Balaban J connectivity index is 2.55. The molecule has 78 valence electrons. The van der Waals surface area contributed by atoms with Crippen LogP contribution >= 0.6 is 11.6 Å². The Labute approximate surface area is 86.2 Å². The van der Waals surface area contributed by atoms with Crippen LogP contribution in [0, 0.1) is 5.92 Å². The molecule has 2 nitrogen and oxygen atoms in total. The van der Waals surface area contributed by atoms with Gasteiger partial charge in [0.25, 0.3) is 0 Å². The normalized spacial score (nSPS) is 41.5. The van der Waals surface area contributed by atoms with Gasteiger partial charge >= 0.3 is 0 Å². The van der Waals surface area contributed by atoms with Crippen molar-refractivity contribution in [2.45, 2.75) is 50.6 Å². The lowest BCUT2D eigenvalue weighted by atomic mass is 10.0. The highest BCUT2D eigenvalue weighted by molar-refractivity contribution is 6.21. The van der Waals surface area contributed by atoms with Gasteiger partial charge in [0.2, 0.25) is 0 Å². The van der Waals surface area contributed by atoms with Crippen LogP contribution in [-0.4, -0.2) is 24.0 Å².